The summed E-state index contributed by atoms with van der Waals surface area (Å²) in [4.78, 5) is 19.2. The van der Waals surface area contributed by atoms with Crippen LogP contribution in [-0.4, -0.2) is 20.7 Å². The van der Waals surface area contributed by atoms with Crippen LogP contribution < -0.4 is 4.90 Å². The van der Waals surface area contributed by atoms with Crippen LogP contribution in [0.5, 0.6) is 0 Å². The summed E-state index contributed by atoms with van der Waals surface area (Å²) in [6.07, 6.45) is 3.73. The third-order valence-electron chi connectivity index (χ3n) is 4.44. The minimum Gasteiger partial charge on any atom is -0.306 e. The molecule has 5 nitrogen and oxygen atoms in total. The molecule has 29 heavy (non-hydrogen) atoms. The average molecular weight is 406 g/mol. The molecule has 0 unspecified atom stereocenters. The maximum absolute atomic E-state index is 13.4. The van der Waals surface area contributed by atoms with Gasteiger partial charge in [-0.3, -0.25) is 4.79 Å². The fraction of sp³-hybridized carbons (Fsp3) is 0.136. The van der Waals surface area contributed by atoms with E-state index in [-0.39, 0.29) is 18.1 Å². The van der Waals surface area contributed by atoms with Gasteiger partial charge in [0.15, 0.2) is 0 Å². The summed E-state index contributed by atoms with van der Waals surface area (Å²) in [6, 6.07) is 15.7. The van der Waals surface area contributed by atoms with Crippen molar-refractivity contribution in [2.75, 3.05) is 4.90 Å². The van der Waals surface area contributed by atoms with Crippen molar-refractivity contribution in [1.29, 1.82) is 0 Å². The molecule has 2 aromatic carbocycles. The first-order chi connectivity index (χ1) is 14.1. The van der Waals surface area contributed by atoms with E-state index < -0.39 is 0 Å². The Kier molecular flexibility index (Phi) is 5.48. The molecule has 0 bridgehead atoms. The molecule has 7 heteroatoms. The number of nitrogens with zero attached hydrogens (tertiary/aromatic N) is 4. The van der Waals surface area contributed by atoms with Gasteiger partial charge in [0.05, 0.1) is 35.6 Å². The predicted molar refractivity (Wildman–Crippen MR) is 112 cm³/mol. The van der Waals surface area contributed by atoms with Crippen molar-refractivity contribution in [3.63, 3.8) is 0 Å². The predicted octanol–water partition coefficient (Wildman–Crippen LogP) is 4.55. The molecule has 0 aliphatic carbocycles. The monoisotopic (exact) mass is 406 g/mol. The Hall–Kier alpha value is -3.32. The van der Waals surface area contributed by atoms with Gasteiger partial charge in [0.2, 0.25) is 5.91 Å². The van der Waals surface area contributed by atoms with Crippen LogP contribution in [0.15, 0.2) is 72.4 Å². The molecule has 0 saturated carbocycles. The lowest BCUT2D eigenvalue weighted by molar-refractivity contribution is -0.118. The van der Waals surface area contributed by atoms with Crippen molar-refractivity contribution in [2.24, 2.45) is 0 Å². The highest BCUT2D eigenvalue weighted by Gasteiger charge is 2.19. The molecule has 4 aromatic rings. The van der Waals surface area contributed by atoms with Crippen molar-refractivity contribution >= 4 is 22.9 Å². The van der Waals surface area contributed by atoms with E-state index in [1.165, 1.54) is 23.5 Å². The van der Waals surface area contributed by atoms with Crippen molar-refractivity contribution in [3.05, 3.63) is 94.5 Å². The smallest absolute Gasteiger partial charge is 0.231 e. The Morgan fingerprint density at radius 3 is 2.59 bits per heavy atom. The van der Waals surface area contributed by atoms with Crippen LogP contribution in [0.1, 0.15) is 16.3 Å². The van der Waals surface area contributed by atoms with Gasteiger partial charge in [-0.25, -0.2) is 14.1 Å². The SMILES string of the molecule is Cc1nc(CN(C(=O)Cc2cnn(-c3ccccc3)c2)c2ccc(F)cc2)cs1. The Balaban J connectivity index is 1.56. The number of hydrogen-bond donors (Lipinski definition) is 0. The number of hydrogen-bond acceptors (Lipinski definition) is 4. The molecule has 0 aliphatic rings. The first-order valence-electron chi connectivity index (χ1n) is 9.14. The van der Waals surface area contributed by atoms with Crippen molar-refractivity contribution < 1.29 is 9.18 Å². The van der Waals surface area contributed by atoms with Gasteiger partial charge >= 0.3 is 0 Å². The van der Waals surface area contributed by atoms with Gasteiger partial charge in [0.25, 0.3) is 0 Å². The van der Waals surface area contributed by atoms with Gasteiger partial charge in [0.1, 0.15) is 5.82 Å². The highest BCUT2D eigenvalue weighted by molar-refractivity contribution is 7.09. The topological polar surface area (TPSA) is 51.0 Å². The second-order valence-corrected chi connectivity index (χ2v) is 7.68. The second-order valence-electron chi connectivity index (χ2n) is 6.62. The molecule has 146 valence electrons. The molecule has 1 amide bonds. The summed E-state index contributed by atoms with van der Waals surface area (Å²) in [5.41, 5.74) is 3.18. The summed E-state index contributed by atoms with van der Waals surface area (Å²) in [5.74, 6) is -0.440. The molecular weight excluding hydrogens is 387 g/mol. The molecule has 4 rings (SSSR count). The van der Waals surface area contributed by atoms with Gasteiger partial charge in [-0.05, 0) is 48.9 Å². The Morgan fingerprint density at radius 1 is 1.14 bits per heavy atom. The molecule has 2 heterocycles. The van der Waals surface area contributed by atoms with E-state index in [0.29, 0.717) is 12.2 Å². The number of aromatic nitrogens is 3. The zero-order valence-corrected chi connectivity index (χ0v) is 16.6. The lowest BCUT2D eigenvalue weighted by Gasteiger charge is -2.22. The lowest BCUT2D eigenvalue weighted by atomic mass is 10.2. The normalized spacial score (nSPS) is 10.8. The number of halogens is 1. The van der Waals surface area contributed by atoms with Gasteiger partial charge in [0, 0.05) is 17.3 Å². The van der Waals surface area contributed by atoms with Gasteiger partial charge in [-0.2, -0.15) is 5.10 Å². The van der Waals surface area contributed by atoms with Crippen molar-refractivity contribution in [1.82, 2.24) is 14.8 Å². The fourth-order valence-electron chi connectivity index (χ4n) is 3.03. The number of para-hydroxylation sites is 1. The number of aryl methyl sites for hydroxylation is 1. The molecular formula is C22H19FN4OS. The number of benzene rings is 2. The summed E-state index contributed by atoms with van der Waals surface area (Å²) in [7, 11) is 0. The fourth-order valence-corrected chi connectivity index (χ4v) is 3.63. The lowest BCUT2D eigenvalue weighted by Crippen LogP contribution is -2.31. The zero-order valence-electron chi connectivity index (χ0n) is 15.8. The van der Waals surface area contributed by atoms with Crippen molar-refractivity contribution in [3.8, 4) is 5.69 Å². The second kappa shape index (κ2) is 8.36. The number of carbonyl (C=O) groups excluding carboxylic acids is 1. The number of thiazole rings is 1. The minimum atomic E-state index is -0.338. The zero-order chi connectivity index (χ0) is 20.2. The first kappa shape index (κ1) is 19.0. The van der Waals surface area contributed by atoms with Gasteiger partial charge in [-0.1, -0.05) is 18.2 Å². The van der Waals surface area contributed by atoms with Gasteiger partial charge < -0.3 is 4.90 Å². The minimum absolute atomic E-state index is 0.102. The van der Waals surface area contributed by atoms with Crippen LogP contribution in [0.3, 0.4) is 0 Å². The quantitative estimate of drug-likeness (QED) is 0.472. The maximum atomic E-state index is 13.4. The molecule has 0 radical (unpaired) electrons. The van der Waals surface area contributed by atoms with Crippen LogP contribution in [0.2, 0.25) is 0 Å². The Bertz CT molecular complexity index is 1110. The number of amides is 1. The maximum Gasteiger partial charge on any atom is 0.231 e. The van der Waals surface area contributed by atoms with E-state index in [9.17, 15) is 9.18 Å². The molecule has 0 spiro atoms. The molecule has 0 aliphatic heterocycles. The van der Waals surface area contributed by atoms with Crippen LogP contribution >= 0.6 is 11.3 Å². The first-order valence-corrected chi connectivity index (χ1v) is 10.0. The molecule has 2 aromatic heterocycles. The third-order valence-corrected chi connectivity index (χ3v) is 5.26. The van der Waals surface area contributed by atoms with Crippen LogP contribution in [0, 0.1) is 12.7 Å². The summed E-state index contributed by atoms with van der Waals surface area (Å²) >= 11 is 1.54. The van der Waals surface area contributed by atoms with E-state index in [1.54, 1.807) is 27.9 Å². The standard InChI is InChI=1S/C22H19FN4OS/c1-16-25-19(15-29-16)14-26(20-9-7-18(23)8-10-20)22(28)11-17-12-24-27(13-17)21-5-3-2-4-6-21/h2-10,12-13,15H,11,14H2,1H3. The number of anilines is 1. The van der Waals surface area contributed by atoms with E-state index in [4.69, 9.17) is 0 Å². The van der Waals surface area contributed by atoms with Gasteiger partial charge in [-0.15, -0.1) is 11.3 Å². The van der Waals surface area contributed by atoms with Crippen LogP contribution in [-0.2, 0) is 17.8 Å². The van der Waals surface area contributed by atoms with E-state index in [0.717, 1.165) is 22.0 Å². The highest BCUT2D eigenvalue weighted by atomic mass is 32.1. The van der Waals surface area contributed by atoms with Crippen LogP contribution in [0.4, 0.5) is 10.1 Å². The Labute approximate surface area is 172 Å². The average Bonchev–Trinajstić information content (AvgIpc) is 3.36. The number of rotatable bonds is 6. The summed E-state index contributed by atoms with van der Waals surface area (Å²) in [6.45, 7) is 2.26. The summed E-state index contributed by atoms with van der Waals surface area (Å²) in [5, 5.41) is 7.23. The Morgan fingerprint density at radius 2 is 1.90 bits per heavy atom. The van der Waals surface area contributed by atoms with E-state index >= 15 is 0 Å². The highest BCUT2D eigenvalue weighted by Crippen LogP contribution is 2.21. The van der Waals surface area contributed by atoms with E-state index in [2.05, 4.69) is 10.1 Å². The molecule has 0 N–H and O–H groups in total. The molecule has 0 fully saturated rings. The molecule has 0 saturated heterocycles. The van der Waals surface area contributed by atoms with E-state index in [1.807, 2.05) is 48.8 Å². The third kappa shape index (κ3) is 4.57. The van der Waals surface area contributed by atoms with Crippen molar-refractivity contribution in [2.45, 2.75) is 19.9 Å². The summed E-state index contributed by atoms with van der Waals surface area (Å²) < 4.78 is 15.1. The number of carbonyl (C=O) groups is 1. The molecule has 0 atom stereocenters. The van der Waals surface area contributed by atoms with Crippen LogP contribution in [0.25, 0.3) is 5.69 Å². The largest absolute Gasteiger partial charge is 0.306 e.